The van der Waals surface area contributed by atoms with Gasteiger partial charge in [-0.3, -0.25) is 0 Å². The predicted octanol–water partition coefficient (Wildman–Crippen LogP) is 4.21. The molecule has 0 saturated heterocycles. The Bertz CT molecular complexity index is 798. The van der Waals surface area contributed by atoms with Crippen LogP contribution in [0.1, 0.15) is 12.0 Å². The molecule has 2 aromatic carbocycles. The largest absolute Gasteiger partial charge is 0.496 e. The highest BCUT2D eigenvalue weighted by molar-refractivity contribution is 5.62. The molecule has 28 heavy (non-hydrogen) atoms. The third-order valence-electron chi connectivity index (χ3n) is 4.03. The van der Waals surface area contributed by atoms with Gasteiger partial charge in [-0.1, -0.05) is 0 Å². The van der Waals surface area contributed by atoms with Gasteiger partial charge in [-0.2, -0.15) is 5.11 Å². The minimum atomic E-state index is 0.0469. The van der Waals surface area contributed by atoms with Crippen molar-refractivity contribution < 1.29 is 28.8 Å². The first-order valence-electron chi connectivity index (χ1n) is 8.72. The van der Waals surface area contributed by atoms with E-state index >= 15 is 0 Å². The first-order valence-corrected chi connectivity index (χ1v) is 8.72. The summed E-state index contributed by atoms with van der Waals surface area (Å²) in [6.45, 7) is 2.29. The van der Waals surface area contributed by atoms with Gasteiger partial charge >= 0.3 is 0 Å². The van der Waals surface area contributed by atoms with E-state index in [9.17, 15) is 0 Å². The number of hydrogen-bond acceptors (Lipinski definition) is 8. The van der Waals surface area contributed by atoms with E-state index in [4.69, 9.17) is 28.8 Å². The highest BCUT2D eigenvalue weighted by Gasteiger charge is 2.15. The van der Waals surface area contributed by atoms with E-state index in [-0.39, 0.29) is 6.61 Å². The monoisotopic (exact) mass is 390 g/mol. The Morgan fingerprint density at radius 3 is 2.00 bits per heavy atom. The average Bonchev–Trinajstić information content (AvgIpc) is 2.72. The van der Waals surface area contributed by atoms with Crippen LogP contribution in [0.5, 0.6) is 28.7 Å². The Morgan fingerprint density at radius 2 is 1.46 bits per heavy atom. The summed E-state index contributed by atoms with van der Waals surface area (Å²) in [6.07, 6.45) is 0.514. The van der Waals surface area contributed by atoms with Gasteiger partial charge in [0.25, 0.3) is 0 Å². The first kappa shape index (κ1) is 21.3. The molecule has 0 saturated carbocycles. The Balaban J connectivity index is 2.41. The van der Waals surface area contributed by atoms with E-state index < -0.39 is 0 Å². The zero-order chi connectivity index (χ0) is 20.5. The van der Waals surface area contributed by atoms with Crippen LogP contribution in [0.25, 0.3) is 0 Å². The summed E-state index contributed by atoms with van der Waals surface area (Å²) in [5.41, 5.74) is 1.89. The van der Waals surface area contributed by atoms with E-state index in [0.29, 0.717) is 53.2 Å². The van der Waals surface area contributed by atoms with Crippen molar-refractivity contribution in [3.63, 3.8) is 0 Å². The lowest BCUT2D eigenvalue weighted by Gasteiger charge is -2.14. The van der Waals surface area contributed by atoms with Crippen molar-refractivity contribution in [3.05, 3.63) is 29.8 Å². The lowest BCUT2D eigenvalue weighted by atomic mass is 10.1. The van der Waals surface area contributed by atoms with Gasteiger partial charge in [-0.05, 0) is 19.1 Å². The van der Waals surface area contributed by atoms with Crippen molar-refractivity contribution in [2.75, 3.05) is 41.7 Å². The Morgan fingerprint density at radius 1 is 0.821 bits per heavy atom. The van der Waals surface area contributed by atoms with Crippen LogP contribution in [0.4, 0.5) is 11.4 Å². The Hall–Kier alpha value is -3.00. The van der Waals surface area contributed by atoms with Crippen LogP contribution in [0, 0.1) is 6.92 Å². The highest BCUT2D eigenvalue weighted by atomic mass is 16.5. The molecule has 0 bridgehead atoms. The van der Waals surface area contributed by atoms with Crippen LogP contribution in [0.2, 0.25) is 0 Å². The second-order valence-corrected chi connectivity index (χ2v) is 5.75. The fourth-order valence-corrected chi connectivity index (χ4v) is 2.62. The molecule has 0 fully saturated rings. The van der Waals surface area contributed by atoms with Crippen molar-refractivity contribution in [2.24, 2.45) is 10.2 Å². The van der Waals surface area contributed by atoms with E-state index in [2.05, 4.69) is 10.2 Å². The average molecular weight is 390 g/mol. The van der Waals surface area contributed by atoms with Crippen LogP contribution in [-0.2, 0) is 0 Å². The molecule has 152 valence electrons. The van der Waals surface area contributed by atoms with Crippen molar-refractivity contribution >= 4 is 11.4 Å². The lowest BCUT2D eigenvalue weighted by Crippen LogP contribution is -2.02. The maximum atomic E-state index is 9.00. The summed E-state index contributed by atoms with van der Waals surface area (Å²) in [6, 6.07) is 6.97. The maximum Gasteiger partial charge on any atom is 0.203 e. The number of rotatable bonds is 10. The van der Waals surface area contributed by atoms with Gasteiger partial charge in [0, 0.05) is 30.7 Å². The molecule has 1 N–H and O–H groups in total. The minimum absolute atomic E-state index is 0.0469. The van der Waals surface area contributed by atoms with Gasteiger partial charge < -0.3 is 28.8 Å². The quantitative estimate of drug-likeness (QED) is 0.483. The van der Waals surface area contributed by atoms with Crippen LogP contribution >= 0.6 is 0 Å². The van der Waals surface area contributed by atoms with Crippen LogP contribution in [0.3, 0.4) is 0 Å². The van der Waals surface area contributed by atoms with Gasteiger partial charge in [0.15, 0.2) is 17.2 Å². The molecule has 8 nitrogen and oxygen atoms in total. The summed E-state index contributed by atoms with van der Waals surface area (Å²) in [4.78, 5) is 0. The molecule has 0 atom stereocenters. The van der Waals surface area contributed by atoms with Gasteiger partial charge in [-0.15, -0.1) is 5.11 Å². The molecule has 0 aliphatic rings. The first-order chi connectivity index (χ1) is 13.6. The number of benzene rings is 2. The van der Waals surface area contributed by atoms with Crippen molar-refractivity contribution in [3.8, 4) is 28.7 Å². The lowest BCUT2D eigenvalue weighted by molar-refractivity contribution is 0.232. The van der Waals surface area contributed by atoms with E-state index in [0.717, 1.165) is 5.56 Å². The molecule has 0 unspecified atom stereocenters. The smallest absolute Gasteiger partial charge is 0.203 e. The third kappa shape index (κ3) is 4.83. The fraction of sp³-hybridized carbons (Fsp3) is 0.400. The normalized spacial score (nSPS) is 10.8. The van der Waals surface area contributed by atoms with Gasteiger partial charge in [0.2, 0.25) is 5.75 Å². The molecule has 0 amide bonds. The molecule has 0 heterocycles. The summed E-state index contributed by atoms with van der Waals surface area (Å²) >= 11 is 0. The maximum absolute atomic E-state index is 9.00. The number of nitrogens with zero attached hydrogens (tertiary/aromatic N) is 2. The molecular weight excluding hydrogens is 364 g/mol. The summed E-state index contributed by atoms with van der Waals surface area (Å²) in [5.74, 6) is 2.70. The summed E-state index contributed by atoms with van der Waals surface area (Å²) in [7, 11) is 6.21. The van der Waals surface area contributed by atoms with Gasteiger partial charge in [-0.25, -0.2) is 0 Å². The van der Waals surface area contributed by atoms with E-state index in [1.807, 2.05) is 6.92 Å². The van der Waals surface area contributed by atoms with Crippen molar-refractivity contribution in [1.82, 2.24) is 0 Å². The third-order valence-corrected chi connectivity index (χ3v) is 4.03. The molecule has 2 aromatic rings. The number of aliphatic hydroxyl groups excluding tert-OH is 1. The number of azo groups is 1. The van der Waals surface area contributed by atoms with Crippen LogP contribution in [-0.4, -0.2) is 46.8 Å². The number of hydrogen-bond donors (Lipinski definition) is 1. The van der Waals surface area contributed by atoms with Crippen LogP contribution in [0.15, 0.2) is 34.5 Å². The number of ether oxygens (including phenoxy) is 5. The van der Waals surface area contributed by atoms with E-state index in [1.54, 1.807) is 31.4 Å². The molecule has 0 aliphatic carbocycles. The van der Waals surface area contributed by atoms with Crippen LogP contribution < -0.4 is 23.7 Å². The van der Waals surface area contributed by atoms with Crippen molar-refractivity contribution in [2.45, 2.75) is 13.3 Å². The molecule has 0 aromatic heterocycles. The number of methoxy groups -OCH3 is 4. The highest BCUT2D eigenvalue weighted by Crippen LogP contribution is 2.42. The topological polar surface area (TPSA) is 91.1 Å². The van der Waals surface area contributed by atoms with E-state index in [1.165, 1.54) is 21.3 Å². The molecule has 8 heteroatoms. The molecule has 0 aliphatic heterocycles. The van der Waals surface area contributed by atoms with Gasteiger partial charge in [0.1, 0.15) is 11.4 Å². The fourth-order valence-electron chi connectivity index (χ4n) is 2.62. The Kier molecular flexibility index (Phi) is 7.88. The van der Waals surface area contributed by atoms with Crippen molar-refractivity contribution in [1.29, 1.82) is 0 Å². The Labute approximate surface area is 164 Å². The number of aliphatic hydroxyl groups is 1. The molecular formula is C20H26N2O6. The summed E-state index contributed by atoms with van der Waals surface area (Å²) in [5, 5.41) is 17.6. The van der Waals surface area contributed by atoms with Gasteiger partial charge in [0.05, 0.1) is 40.7 Å². The molecule has 0 radical (unpaired) electrons. The zero-order valence-electron chi connectivity index (χ0n) is 16.8. The predicted molar refractivity (Wildman–Crippen MR) is 105 cm³/mol. The standard InChI is InChI=1S/C20H26N2O6/c1-13-16(24-2)8-7-15(19(13)28-10-6-9-23)22-21-14-11-17(25-3)20(27-5)18(12-14)26-4/h7-8,11-12,23H,6,9-10H2,1-5H3/b22-21+. The molecule has 2 rings (SSSR count). The zero-order valence-corrected chi connectivity index (χ0v) is 16.8. The second-order valence-electron chi connectivity index (χ2n) is 5.75. The molecule has 0 spiro atoms. The minimum Gasteiger partial charge on any atom is -0.496 e. The summed E-state index contributed by atoms with van der Waals surface area (Å²) < 4.78 is 27.1. The second kappa shape index (κ2) is 10.4. The SMILES string of the molecule is COc1ccc(/N=N/c2cc(OC)c(OC)c(OC)c2)c(OCCCO)c1C.